The molecular weight excluding hydrogens is 334 g/mol. The number of para-hydroxylation sites is 1. The number of Topliss-reactive ketones (excluding diaryl/α,β-unsaturated/α-hetero) is 1. The Bertz CT molecular complexity index is 1060. The zero-order chi connectivity index (χ0) is 18.8. The highest BCUT2D eigenvalue weighted by atomic mass is 16.5. The van der Waals surface area contributed by atoms with Gasteiger partial charge in [-0.3, -0.25) is 4.79 Å². The summed E-state index contributed by atoms with van der Waals surface area (Å²) < 4.78 is 7.67. The van der Waals surface area contributed by atoms with Crippen molar-refractivity contribution in [1.82, 2.24) is 4.57 Å². The Labute approximate surface area is 159 Å². The van der Waals surface area contributed by atoms with E-state index in [2.05, 4.69) is 60.9 Å². The van der Waals surface area contributed by atoms with Crippen molar-refractivity contribution in [3.8, 4) is 11.4 Å². The molecule has 3 aromatic rings. The first-order valence-corrected chi connectivity index (χ1v) is 9.49. The first kappa shape index (κ1) is 16.4. The van der Waals surface area contributed by atoms with Gasteiger partial charge in [0.05, 0.1) is 13.0 Å². The predicted octanol–water partition coefficient (Wildman–Crippen LogP) is 5.13. The molecule has 0 spiro atoms. The summed E-state index contributed by atoms with van der Waals surface area (Å²) in [5.74, 6) is 1.28. The van der Waals surface area contributed by atoms with Gasteiger partial charge in [-0.15, -0.1) is 0 Å². The number of carbonyl (C=O) groups excluding carboxylic acids is 1. The summed E-state index contributed by atoms with van der Waals surface area (Å²) >= 11 is 0. The lowest BCUT2D eigenvalue weighted by molar-refractivity contribution is 0.0911. The van der Waals surface area contributed by atoms with Gasteiger partial charge >= 0.3 is 0 Å². The predicted molar refractivity (Wildman–Crippen MR) is 106 cm³/mol. The van der Waals surface area contributed by atoms with Crippen LogP contribution < -0.4 is 4.74 Å². The normalized spacial score (nSPS) is 19.4. The Morgan fingerprint density at radius 3 is 2.52 bits per heavy atom. The second kappa shape index (κ2) is 5.59. The molecule has 1 unspecified atom stereocenters. The van der Waals surface area contributed by atoms with Crippen molar-refractivity contribution in [2.24, 2.45) is 5.41 Å². The van der Waals surface area contributed by atoms with Crippen molar-refractivity contribution in [3.05, 3.63) is 82.7 Å². The van der Waals surface area contributed by atoms with E-state index >= 15 is 0 Å². The number of aromatic nitrogens is 1. The largest absolute Gasteiger partial charge is 0.497 e. The van der Waals surface area contributed by atoms with Crippen LogP contribution in [0.3, 0.4) is 0 Å². The smallest absolute Gasteiger partial charge is 0.165 e. The number of ether oxygens (including phenoxy) is 1. The molecule has 3 heteroatoms. The fraction of sp³-hybridized carbons (Fsp3) is 0.292. The van der Waals surface area contributed by atoms with Crippen molar-refractivity contribution in [3.63, 3.8) is 0 Å². The van der Waals surface area contributed by atoms with Gasteiger partial charge in [0.1, 0.15) is 5.75 Å². The number of rotatable bonds is 2. The average molecular weight is 357 g/mol. The summed E-state index contributed by atoms with van der Waals surface area (Å²) in [6.45, 7) is 4.38. The molecule has 2 aromatic carbocycles. The SMILES string of the molecule is COc1ccc(C2c3ccccc3-n3c2cc2c3CC(C)(C)CC2=O)cc1. The molecular formula is C24H23NO2. The highest BCUT2D eigenvalue weighted by Crippen LogP contribution is 2.47. The van der Waals surface area contributed by atoms with Crippen LogP contribution in [0.25, 0.3) is 5.69 Å². The van der Waals surface area contributed by atoms with Gasteiger partial charge in [0.15, 0.2) is 5.78 Å². The van der Waals surface area contributed by atoms with E-state index in [1.165, 1.54) is 28.2 Å². The number of hydrogen-bond acceptors (Lipinski definition) is 2. The van der Waals surface area contributed by atoms with E-state index in [9.17, 15) is 4.79 Å². The van der Waals surface area contributed by atoms with Crippen LogP contribution in [0.4, 0.5) is 0 Å². The molecule has 1 aliphatic carbocycles. The molecule has 0 N–H and O–H groups in total. The molecule has 0 saturated heterocycles. The monoisotopic (exact) mass is 357 g/mol. The lowest BCUT2D eigenvalue weighted by Gasteiger charge is -2.29. The fourth-order valence-corrected chi connectivity index (χ4v) is 4.77. The Balaban J connectivity index is 1.74. The van der Waals surface area contributed by atoms with Gasteiger partial charge in [-0.25, -0.2) is 0 Å². The minimum Gasteiger partial charge on any atom is -0.497 e. The Morgan fingerprint density at radius 1 is 1.04 bits per heavy atom. The summed E-state index contributed by atoms with van der Waals surface area (Å²) in [6, 6.07) is 19.0. The molecule has 3 nitrogen and oxygen atoms in total. The Kier molecular flexibility index (Phi) is 3.39. The van der Waals surface area contributed by atoms with Crippen molar-refractivity contribution >= 4 is 5.78 Å². The zero-order valence-corrected chi connectivity index (χ0v) is 16.0. The lowest BCUT2D eigenvalue weighted by atomic mass is 9.76. The average Bonchev–Trinajstić information content (AvgIpc) is 3.16. The molecule has 136 valence electrons. The van der Waals surface area contributed by atoms with Crippen LogP contribution in [0, 0.1) is 5.41 Å². The van der Waals surface area contributed by atoms with Crippen LogP contribution >= 0.6 is 0 Å². The van der Waals surface area contributed by atoms with E-state index in [4.69, 9.17) is 4.74 Å². The molecule has 0 fully saturated rings. The van der Waals surface area contributed by atoms with E-state index in [1.807, 2.05) is 12.1 Å². The molecule has 2 aliphatic rings. The van der Waals surface area contributed by atoms with E-state index in [0.717, 1.165) is 17.7 Å². The summed E-state index contributed by atoms with van der Waals surface area (Å²) in [4.78, 5) is 12.8. The van der Waals surface area contributed by atoms with Crippen LogP contribution in [0.1, 0.15) is 59.1 Å². The summed E-state index contributed by atoms with van der Waals surface area (Å²) in [5.41, 5.74) is 7.04. The molecule has 0 bridgehead atoms. The third kappa shape index (κ3) is 2.38. The summed E-state index contributed by atoms with van der Waals surface area (Å²) in [5, 5.41) is 0. The molecule has 27 heavy (non-hydrogen) atoms. The van der Waals surface area contributed by atoms with Gasteiger partial charge in [-0.05, 0) is 47.2 Å². The molecule has 1 aromatic heterocycles. The quantitative estimate of drug-likeness (QED) is 0.498. The van der Waals surface area contributed by atoms with E-state index in [-0.39, 0.29) is 17.1 Å². The first-order valence-electron chi connectivity index (χ1n) is 9.49. The zero-order valence-electron chi connectivity index (χ0n) is 16.0. The minimum absolute atomic E-state index is 0.00630. The maximum Gasteiger partial charge on any atom is 0.165 e. The third-order valence-electron chi connectivity index (χ3n) is 5.95. The van der Waals surface area contributed by atoms with E-state index in [0.29, 0.717) is 6.42 Å². The van der Waals surface area contributed by atoms with Crippen LogP contribution in [0.15, 0.2) is 54.6 Å². The second-order valence-electron chi connectivity index (χ2n) is 8.47. The summed E-state index contributed by atoms with van der Waals surface area (Å²) in [7, 11) is 1.69. The van der Waals surface area contributed by atoms with Crippen molar-refractivity contribution in [2.75, 3.05) is 7.11 Å². The maximum absolute atomic E-state index is 12.8. The number of hydrogen-bond donors (Lipinski definition) is 0. The van der Waals surface area contributed by atoms with Crippen LogP contribution in [0.5, 0.6) is 5.75 Å². The number of benzene rings is 2. The molecule has 0 radical (unpaired) electrons. The van der Waals surface area contributed by atoms with Gasteiger partial charge in [0.2, 0.25) is 0 Å². The molecule has 1 atom stereocenters. The van der Waals surface area contributed by atoms with Gasteiger partial charge in [0, 0.05) is 29.1 Å². The number of ketones is 1. The number of carbonyl (C=O) groups is 1. The van der Waals surface area contributed by atoms with E-state index < -0.39 is 0 Å². The molecule has 0 saturated carbocycles. The maximum atomic E-state index is 12.8. The number of nitrogens with zero attached hydrogens (tertiary/aromatic N) is 1. The Morgan fingerprint density at radius 2 is 1.78 bits per heavy atom. The second-order valence-corrected chi connectivity index (χ2v) is 8.47. The molecule has 1 aliphatic heterocycles. The van der Waals surface area contributed by atoms with E-state index in [1.54, 1.807) is 7.11 Å². The number of methoxy groups -OCH3 is 1. The summed E-state index contributed by atoms with van der Waals surface area (Å²) in [6.07, 6.45) is 1.55. The van der Waals surface area contributed by atoms with Crippen LogP contribution in [-0.4, -0.2) is 17.5 Å². The topological polar surface area (TPSA) is 31.2 Å². The van der Waals surface area contributed by atoms with Crippen molar-refractivity contribution in [2.45, 2.75) is 32.6 Å². The fourth-order valence-electron chi connectivity index (χ4n) is 4.77. The standard InChI is InChI=1S/C24H23NO2/c1-24(2)13-21-18(22(26)14-24)12-20-23(15-8-10-16(27-3)11-9-15)17-6-4-5-7-19(17)25(20)21/h4-12,23H,13-14H2,1-3H3. The Hall–Kier alpha value is -2.81. The number of fused-ring (bicyclic) bond motifs is 5. The third-order valence-corrected chi connectivity index (χ3v) is 5.95. The molecule has 5 rings (SSSR count). The minimum atomic E-state index is 0.00630. The highest BCUT2D eigenvalue weighted by molar-refractivity contribution is 5.99. The first-order chi connectivity index (χ1) is 13.0. The lowest BCUT2D eigenvalue weighted by Crippen LogP contribution is -2.27. The van der Waals surface area contributed by atoms with Gasteiger partial charge in [-0.1, -0.05) is 44.2 Å². The molecule has 2 heterocycles. The van der Waals surface area contributed by atoms with Gasteiger partial charge < -0.3 is 9.30 Å². The van der Waals surface area contributed by atoms with Crippen molar-refractivity contribution < 1.29 is 9.53 Å². The van der Waals surface area contributed by atoms with Crippen LogP contribution in [0.2, 0.25) is 0 Å². The van der Waals surface area contributed by atoms with Gasteiger partial charge in [-0.2, -0.15) is 0 Å². The molecule has 0 amide bonds. The van der Waals surface area contributed by atoms with Gasteiger partial charge in [0.25, 0.3) is 0 Å². The van der Waals surface area contributed by atoms with Crippen molar-refractivity contribution in [1.29, 1.82) is 0 Å². The highest BCUT2D eigenvalue weighted by Gasteiger charge is 2.39. The van der Waals surface area contributed by atoms with Crippen LogP contribution in [-0.2, 0) is 6.42 Å².